The van der Waals surface area contributed by atoms with E-state index in [4.69, 9.17) is 4.74 Å². The zero-order valence-electron chi connectivity index (χ0n) is 14.1. The monoisotopic (exact) mass is 346 g/mol. The van der Waals surface area contributed by atoms with Gasteiger partial charge in [0.15, 0.2) is 0 Å². The lowest BCUT2D eigenvalue weighted by Gasteiger charge is -2.25. The summed E-state index contributed by atoms with van der Waals surface area (Å²) in [6, 6.07) is 8.83. The van der Waals surface area contributed by atoms with Gasteiger partial charge >= 0.3 is 0 Å². The van der Waals surface area contributed by atoms with Crippen LogP contribution < -0.4 is 4.74 Å². The first-order valence-electron chi connectivity index (χ1n) is 8.00. The van der Waals surface area contributed by atoms with Gasteiger partial charge in [-0.1, -0.05) is 19.1 Å². The Bertz CT molecular complexity index is 821. The summed E-state index contributed by atoms with van der Waals surface area (Å²) in [4.78, 5) is 4.37. The number of aromatic nitrogens is 1. The lowest BCUT2D eigenvalue weighted by molar-refractivity contribution is 0.379. The third-order valence-corrected chi connectivity index (χ3v) is 6.34. The summed E-state index contributed by atoms with van der Waals surface area (Å²) in [5, 5.41) is 0. The molecule has 0 saturated carbocycles. The number of rotatable bonds is 4. The van der Waals surface area contributed by atoms with Crippen molar-refractivity contribution in [3.05, 3.63) is 53.9 Å². The summed E-state index contributed by atoms with van der Waals surface area (Å²) in [6.07, 6.45) is 4.24. The highest BCUT2D eigenvalue weighted by Gasteiger charge is 2.40. The van der Waals surface area contributed by atoms with E-state index in [1.165, 1.54) is 7.11 Å². The number of sulfonamides is 1. The third kappa shape index (κ3) is 3.03. The van der Waals surface area contributed by atoms with Crippen LogP contribution in [0.2, 0.25) is 0 Å². The molecule has 24 heavy (non-hydrogen) atoms. The summed E-state index contributed by atoms with van der Waals surface area (Å²) >= 11 is 0. The van der Waals surface area contributed by atoms with Gasteiger partial charge in [0.05, 0.1) is 13.2 Å². The van der Waals surface area contributed by atoms with E-state index in [1.54, 1.807) is 28.8 Å². The highest BCUT2D eigenvalue weighted by molar-refractivity contribution is 7.89. The molecule has 1 aliphatic heterocycles. The van der Waals surface area contributed by atoms with Crippen molar-refractivity contribution in [1.29, 1.82) is 0 Å². The molecule has 2 atom stereocenters. The fraction of sp³-hybridized carbons (Fsp3) is 0.389. The molecule has 128 valence electrons. The molecule has 0 radical (unpaired) electrons. The van der Waals surface area contributed by atoms with Crippen molar-refractivity contribution in [2.75, 3.05) is 13.7 Å². The second kappa shape index (κ2) is 6.53. The first-order chi connectivity index (χ1) is 11.4. The molecule has 0 unspecified atom stereocenters. The molecule has 5 nitrogen and oxygen atoms in total. The van der Waals surface area contributed by atoms with Gasteiger partial charge in [0, 0.05) is 18.9 Å². The number of benzene rings is 1. The molecule has 0 bridgehead atoms. The average Bonchev–Trinajstić information content (AvgIpc) is 2.98. The Morgan fingerprint density at radius 1 is 1.29 bits per heavy atom. The molecule has 1 aromatic heterocycles. The quantitative estimate of drug-likeness (QED) is 0.853. The number of nitrogens with zero attached hydrogens (tertiary/aromatic N) is 2. The minimum absolute atomic E-state index is 0.191. The van der Waals surface area contributed by atoms with Crippen LogP contribution in [0, 0.1) is 12.8 Å². The highest BCUT2D eigenvalue weighted by atomic mass is 32.2. The Hall–Kier alpha value is -1.92. The number of hydrogen-bond donors (Lipinski definition) is 0. The van der Waals surface area contributed by atoms with Crippen LogP contribution in [-0.2, 0) is 10.0 Å². The molecular formula is C18H22N2O3S. The number of ether oxygens (including phenoxy) is 1. The standard InChI is InChI=1S/C18H22N2O3S/c1-13-6-7-17(23-3)18(10-13)24(21,22)20-12-14(2)9-16(20)15-5-4-8-19-11-15/h4-8,10-11,14,16H,9,12H2,1-3H3/t14-,16-/m1/s1. The smallest absolute Gasteiger partial charge is 0.247 e. The Morgan fingerprint density at radius 3 is 2.75 bits per heavy atom. The first kappa shape index (κ1) is 16.9. The van der Waals surface area contributed by atoms with Crippen LogP contribution in [0.4, 0.5) is 0 Å². The van der Waals surface area contributed by atoms with Crippen LogP contribution in [-0.4, -0.2) is 31.4 Å². The van der Waals surface area contributed by atoms with Gasteiger partial charge in [0.25, 0.3) is 0 Å². The SMILES string of the molecule is COc1ccc(C)cc1S(=O)(=O)N1C[C@H](C)C[C@@H]1c1cccnc1. The predicted molar refractivity (Wildman–Crippen MR) is 92.4 cm³/mol. The molecule has 0 amide bonds. The minimum atomic E-state index is -3.65. The lowest BCUT2D eigenvalue weighted by Crippen LogP contribution is -2.31. The summed E-state index contributed by atoms with van der Waals surface area (Å²) in [7, 11) is -2.16. The number of hydrogen-bond acceptors (Lipinski definition) is 4. The maximum Gasteiger partial charge on any atom is 0.247 e. The lowest BCUT2D eigenvalue weighted by atomic mass is 10.0. The Kier molecular flexibility index (Phi) is 4.60. The molecule has 1 saturated heterocycles. The third-order valence-electron chi connectivity index (χ3n) is 4.44. The number of aryl methyl sites for hydroxylation is 1. The van der Waals surface area contributed by atoms with Gasteiger partial charge in [0.1, 0.15) is 10.6 Å². The van der Waals surface area contributed by atoms with Crippen LogP contribution in [0.5, 0.6) is 5.75 Å². The van der Waals surface area contributed by atoms with E-state index < -0.39 is 10.0 Å². The van der Waals surface area contributed by atoms with Crippen molar-refractivity contribution in [1.82, 2.24) is 9.29 Å². The average molecular weight is 346 g/mol. The van der Waals surface area contributed by atoms with E-state index in [1.807, 2.05) is 25.1 Å². The summed E-state index contributed by atoms with van der Waals surface area (Å²) < 4.78 is 33.5. The molecule has 6 heteroatoms. The first-order valence-corrected chi connectivity index (χ1v) is 9.44. The van der Waals surface area contributed by atoms with Gasteiger partial charge < -0.3 is 4.74 Å². The minimum Gasteiger partial charge on any atom is -0.495 e. The molecule has 0 aliphatic carbocycles. The summed E-state index contributed by atoms with van der Waals surface area (Å²) in [6.45, 7) is 4.45. The van der Waals surface area contributed by atoms with Crippen LogP contribution in [0.15, 0.2) is 47.6 Å². The molecule has 2 heterocycles. The van der Waals surface area contributed by atoms with Crippen molar-refractivity contribution < 1.29 is 13.2 Å². The Morgan fingerprint density at radius 2 is 2.08 bits per heavy atom. The van der Waals surface area contributed by atoms with E-state index in [0.29, 0.717) is 18.2 Å². The summed E-state index contributed by atoms with van der Waals surface area (Å²) in [5.74, 6) is 0.672. The second-order valence-electron chi connectivity index (χ2n) is 6.37. The zero-order valence-corrected chi connectivity index (χ0v) is 15.0. The van der Waals surface area contributed by atoms with Gasteiger partial charge in [-0.25, -0.2) is 8.42 Å². The van der Waals surface area contributed by atoms with Crippen molar-refractivity contribution in [2.24, 2.45) is 5.92 Å². The van der Waals surface area contributed by atoms with Crippen molar-refractivity contribution in [3.63, 3.8) is 0 Å². The molecule has 0 spiro atoms. The van der Waals surface area contributed by atoms with E-state index in [-0.39, 0.29) is 10.9 Å². The van der Waals surface area contributed by atoms with Crippen molar-refractivity contribution >= 4 is 10.0 Å². The predicted octanol–water partition coefficient (Wildman–Crippen LogP) is 3.17. The Balaban J connectivity index is 2.07. The normalized spacial score (nSPS) is 21.8. The van der Waals surface area contributed by atoms with E-state index in [2.05, 4.69) is 11.9 Å². The van der Waals surface area contributed by atoms with Gasteiger partial charge in [0.2, 0.25) is 10.0 Å². The van der Waals surface area contributed by atoms with Gasteiger partial charge in [-0.15, -0.1) is 0 Å². The molecular weight excluding hydrogens is 324 g/mol. The van der Waals surface area contributed by atoms with E-state index in [0.717, 1.165) is 17.5 Å². The van der Waals surface area contributed by atoms with Crippen LogP contribution in [0.25, 0.3) is 0 Å². The van der Waals surface area contributed by atoms with Crippen molar-refractivity contribution in [2.45, 2.75) is 31.2 Å². The Labute approximate surface area is 143 Å². The molecule has 1 aromatic carbocycles. The molecule has 0 N–H and O–H groups in total. The maximum absolute atomic E-state index is 13.3. The maximum atomic E-state index is 13.3. The van der Waals surface area contributed by atoms with Crippen LogP contribution in [0.1, 0.15) is 30.5 Å². The van der Waals surface area contributed by atoms with E-state index in [9.17, 15) is 8.42 Å². The fourth-order valence-electron chi connectivity index (χ4n) is 3.26. The van der Waals surface area contributed by atoms with Gasteiger partial charge in [-0.2, -0.15) is 4.31 Å². The highest BCUT2D eigenvalue weighted by Crippen LogP contribution is 2.40. The molecule has 1 fully saturated rings. The van der Waals surface area contributed by atoms with Crippen LogP contribution >= 0.6 is 0 Å². The van der Waals surface area contributed by atoms with Crippen LogP contribution in [0.3, 0.4) is 0 Å². The van der Waals surface area contributed by atoms with E-state index >= 15 is 0 Å². The topological polar surface area (TPSA) is 59.5 Å². The largest absolute Gasteiger partial charge is 0.495 e. The molecule has 1 aliphatic rings. The van der Waals surface area contributed by atoms with Crippen molar-refractivity contribution in [3.8, 4) is 5.75 Å². The zero-order chi connectivity index (χ0) is 17.3. The molecule has 3 rings (SSSR count). The second-order valence-corrected chi connectivity index (χ2v) is 8.23. The summed E-state index contributed by atoms with van der Waals surface area (Å²) in [5.41, 5.74) is 1.82. The van der Waals surface area contributed by atoms with Gasteiger partial charge in [-0.3, -0.25) is 4.98 Å². The number of pyridine rings is 1. The number of methoxy groups -OCH3 is 1. The van der Waals surface area contributed by atoms with Gasteiger partial charge in [-0.05, 0) is 48.6 Å². The molecule has 2 aromatic rings. The fourth-order valence-corrected chi connectivity index (χ4v) is 5.25.